The molecule has 7 aromatic rings. The van der Waals surface area contributed by atoms with Crippen LogP contribution in [0.1, 0.15) is 26.5 Å². The summed E-state index contributed by atoms with van der Waals surface area (Å²) in [5, 5.41) is 2.00. The Morgan fingerprint density at radius 2 is 1.22 bits per heavy atom. The number of hydrogen-bond donors (Lipinski definition) is 0. The molecule has 0 N–H and O–H groups in total. The maximum Gasteiger partial charge on any atom is 0.114 e. The quantitative estimate of drug-likeness (QED) is 0.228. The summed E-state index contributed by atoms with van der Waals surface area (Å²) in [5.41, 5.74) is 3.16. The predicted molar refractivity (Wildman–Crippen MR) is 156 cm³/mol. The Labute approximate surface area is 230 Å². The molecule has 0 saturated heterocycles. The first-order valence-corrected chi connectivity index (χ1v) is 12.1. The lowest BCUT2D eigenvalue weighted by molar-refractivity contribution is 0.909. The summed E-state index contributed by atoms with van der Waals surface area (Å²) in [7, 11) is 0. The zero-order chi connectivity index (χ0) is 33.5. The van der Waals surface area contributed by atoms with Gasteiger partial charge >= 0.3 is 0 Å². The summed E-state index contributed by atoms with van der Waals surface area (Å²) in [6, 6.07) is 15.9. The Balaban J connectivity index is 1.74. The van der Waals surface area contributed by atoms with Gasteiger partial charge in [0.2, 0.25) is 0 Å². The third-order valence-corrected chi connectivity index (χ3v) is 6.71. The first-order chi connectivity index (χ1) is 22.5. The van der Waals surface area contributed by atoms with Crippen LogP contribution in [0, 0.1) is 0 Å². The topological polar surface area (TPSA) is 17.8 Å². The van der Waals surface area contributed by atoms with E-state index in [0.717, 1.165) is 16.9 Å². The minimum atomic E-state index is -0.508. The molecule has 0 atom stereocenters. The molecular formula is C35H26N2. The van der Waals surface area contributed by atoms with Crippen molar-refractivity contribution in [2.75, 3.05) is 0 Å². The predicted octanol–water partition coefficient (Wildman–Crippen LogP) is 9.23. The third-order valence-electron chi connectivity index (χ3n) is 6.71. The van der Waals surface area contributed by atoms with E-state index in [1.165, 1.54) is 0 Å². The molecule has 0 spiro atoms. The van der Waals surface area contributed by atoms with Crippen LogP contribution in [0.4, 0.5) is 0 Å². The monoisotopic (exact) mass is 484 g/mol. The van der Waals surface area contributed by atoms with Crippen LogP contribution in [0.25, 0.3) is 60.5 Å². The number of benzene rings is 6. The lowest BCUT2D eigenvalue weighted by atomic mass is 9.86. The Kier molecular flexibility index (Phi) is 3.21. The van der Waals surface area contributed by atoms with Crippen molar-refractivity contribution in [1.82, 2.24) is 9.55 Å². The Hall–Kier alpha value is -4.69. The number of hydrogen-bond acceptors (Lipinski definition) is 1. The van der Waals surface area contributed by atoms with Gasteiger partial charge in [-0.05, 0) is 68.1 Å². The summed E-state index contributed by atoms with van der Waals surface area (Å²) >= 11 is 0. The van der Waals surface area contributed by atoms with Gasteiger partial charge in [-0.15, -0.1) is 0 Å². The molecule has 0 unspecified atom stereocenters. The van der Waals surface area contributed by atoms with Crippen LogP contribution in [-0.4, -0.2) is 9.55 Å². The van der Waals surface area contributed by atoms with Crippen molar-refractivity contribution in [2.24, 2.45) is 0 Å². The fourth-order valence-electron chi connectivity index (χ4n) is 5.20. The molecule has 0 amide bonds. The Bertz CT molecular complexity index is 2410. The highest BCUT2D eigenvalue weighted by molar-refractivity contribution is 6.21. The minimum absolute atomic E-state index is 0.00756. The second-order valence-corrected chi connectivity index (χ2v) is 8.73. The van der Waals surface area contributed by atoms with Gasteiger partial charge in [-0.1, -0.05) is 110 Å². The molecule has 2 heteroatoms. The molecule has 0 bridgehead atoms. The van der Waals surface area contributed by atoms with Gasteiger partial charge in [-0.25, -0.2) is 4.98 Å². The van der Waals surface area contributed by atoms with Crippen LogP contribution >= 0.6 is 0 Å². The Morgan fingerprint density at radius 3 is 1.86 bits per heavy atom. The van der Waals surface area contributed by atoms with Gasteiger partial charge in [0, 0.05) is 12.1 Å². The van der Waals surface area contributed by atoms with Crippen LogP contribution in [-0.2, 0) is 6.42 Å². The maximum absolute atomic E-state index is 8.94. The molecule has 0 aliphatic heterocycles. The smallest absolute Gasteiger partial charge is 0.114 e. The number of aryl methyl sites for hydroxylation is 1. The van der Waals surface area contributed by atoms with Gasteiger partial charge in [0.1, 0.15) is 5.82 Å². The normalized spacial score (nSPS) is 15.3. The summed E-state index contributed by atoms with van der Waals surface area (Å²) in [4.78, 5) is 4.82. The molecule has 0 aliphatic carbocycles. The molecule has 7 rings (SSSR count). The van der Waals surface area contributed by atoms with Crippen LogP contribution in [0.2, 0.25) is 0 Å². The average molecular weight is 485 g/mol. The SMILES string of the molecule is [2H]c1c([2H])c([2H])c(-c2c3ccccc3c(-c3c([2H])c([2H])c([2H])c([2H])c3[2H])c3cc(-n4c(CC)nc5ccccc54)ccc23)c([2H])c1[2H]. The summed E-state index contributed by atoms with van der Waals surface area (Å²) in [6.07, 6.45) is 0.619. The summed E-state index contributed by atoms with van der Waals surface area (Å²) in [6.45, 7) is 2.00. The standard InChI is InChI=1S/C35H26N2/c1-2-33-36-31-19-11-12-20-32(31)37(33)26-21-22-29-30(23-26)35(25-15-7-4-8-16-25)28-18-10-9-17-27(28)34(29)24-13-5-3-6-14-24/h3-23H,2H2,1H3/i3D,4D,5D,6D,7D,8D,13D,14D,15D,16D. The molecule has 0 aliphatic rings. The van der Waals surface area contributed by atoms with Gasteiger partial charge in [-0.3, -0.25) is 4.57 Å². The zero-order valence-electron chi connectivity index (χ0n) is 30.0. The lowest BCUT2D eigenvalue weighted by Gasteiger charge is -2.19. The van der Waals surface area contributed by atoms with Crippen molar-refractivity contribution >= 4 is 32.6 Å². The van der Waals surface area contributed by atoms with Crippen molar-refractivity contribution in [1.29, 1.82) is 0 Å². The van der Waals surface area contributed by atoms with Gasteiger partial charge < -0.3 is 0 Å². The van der Waals surface area contributed by atoms with E-state index in [2.05, 4.69) is 0 Å². The zero-order valence-corrected chi connectivity index (χ0v) is 20.0. The van der Waals surface area contributed by atoms with E-state index in [0.29, 0.717) is 44.8 Å². The molecule has 0 saturated carbocycles. The number of fused-ring (bicyclic) bond motifs is 3. The van der Waals surface area contributed by atoms with E-state index >= 15 is 0 Å². The van der Waals surface area contributed by atoms with Gasteiger partial charge in [0.25, 0.3) is 0 Å². The largest absolute Gasteiger partial charge is 0.296 e. The second-order valence-electron chi connectivity index (χ2n) is 8.73. The molecule has 0 fully saturated rings. The lowest BCUT2D eigenvalue weighted by Crippen LogP contribution is -2.00. The maximum atomic E-state index is 8.94. The molecule has 2 nitrogen and oxygen atoms in total. The number of imidazole rings is 1. The number of rotatable bonds is 4. The highest BCUT2D eigenvalue weighted by Crippen LogP contribution is 2.44. The highest BCUT2D eigenvalue weighted by atomic mass is 15.1. The number of aromatic nitrogens is 2. The van der Waals surface area contributed by atoms with Crippen LogP contribution < -0.4 is 0 Å². The first-order valence-electron chi connectivity index (χ1n) is 17.1. The van der Waals surface area contributed by atoms with Crippen LogP contribution in [0.5, 0.6) is 0 Å². The fourth-order valence-corrected chi connectivity index (χ4v) is 5.20. The van der Waals surface area contributed by atoms with Gasteiger partial charge in [0.05, 0.1) is 24.7 Å². The third kappa shape index (κ3) is 3.45. The van der Waals surface area contributed by atoms with E-state index in [1.54, 1.807) is 30.3 Å². The van der Waals surface area contributed by atoms with Crippen molar-refractivity contribution in [2.45, 2.75) is 13.3 Å². The van der Waals surface area contributed by atoms with Crippen molar-refractivity contribution in [3.63, 3.8) is 0 Å². The molecule has 1 heterocycles. The summed E-state index contributed by atoms with van der Waals surface area (Å²) in [5.74, 6) is 0.793. The molecule has 0 radical (unpaired) electrons. The molecule has 1 aromatic heterocycles. The van der Waals surface area contributed by atoms with Crippen molar-refractivity contribution in [3.05, 3.63) is 133 Å². The molecule has 37 heavy (non-hydrogen) atoms. The van der Waals surface area contributed by atoms with E-state index in [1.807, 2.05) is 47.9 Å². The highest BCUT2D eigenvalue weighted by Gasteiger charge is 2.18. The summed E-state index contributed by atoms with van der Waals surface area (Å²) < 4.78 is 87.8. The van der Waals surface area contributed by atoms with Gasteiger partial charge in [0.15, 0.2) is 0 Å². The first kappa shape index (κ1) is 13.6. The van der Waals surface area contributed by atoms with E-state index in [-0.39, 0.29) is 35.3 Å². The van der Waals surface area contributed by atoms with Crippen LogP contribution in [0.3, 0.4) is 0 Å². The molecule has 6 aromatic carbocycles. The number of nitrogens with zero attached hydrogens (tertiary/aromatic N) is 2. The van der Waals surface area contributed by atoms with Crippen molar-refractivity contribution in [3.8, 4) is 27.9 Å². The van der Waals surface area contributed by atoms with Crippen molar-refractivity contribution < 1.29 is 13.7 Å². The number of para-hydroxylation sites is 2. The minimum Gasteiger partial charge on any atom is -0.296 e. The molecule has 176 valence electrons. The van der Waals surface area contributed by atoms with Crippen LogP contribution in [0.15, 0.2) is 127 Å². The average Bonchev–Trinajstić information content (AvgIpc) is 3.47. The van der Waals surface area contributed by atoms with E-state index < -0.39 is 36.3 Å². The molecular weight excluding hydrogens is 448 g/mol. The van der Waals surface area contributed by atoms with Gasteiger partial charge in [-0.2, -0.15) is 0 Å². The fraction of sp³-hybridized carbons (Fsp3) is 0.0571. The second kappa shape index (κ2) is 8.76. The Morgan fingerprint density at radius 1 is 0.649 bits per heavy atom. The van der Waals surface area contributed by atoms with E-state index in [4.69, 9.17) is 18.7 Å². The van der Waals surface area contributed by atoms with E-state index in [9.17, 15) is 0 Å².